The lowest BCUT2D eigenvalue weighted by atomic mass is 9.80. The van der Waals surface area contributed by atoms with Crippen molar-refractivity contribution in [1.82, 2.24) is 5.32 Å². The fraction of sp³-hybridized carbons (Fsp3) is 0.833. The van der Waals surface area contributed by atoms with Gasteiger partial charge in [-0.25, -0.2) is 8.42 Å². The zero-order chi connectivity index (χ0) is 15.4. The molecule has 0 aliphatic carbocycles. The van der Waals surface area contributed by atoms with Gasteiger partial charge < -0.3 is 16.3 Å². The predicted octanol–water partition coefficient (Wildman–Crippen LogP) is 0.0901. The van der Waals surface area contributed by atoms with Gasteiger partial charge in [-0.2, -0.15) is 0 Å². The molecule has 0 radical (unpaired) electrons. The number of hydrogen-bond acceptors (Lipinski definition) is 5. The second kappa shape index (κ2) is 6.43. The van der Waals surface area contributed by atoms with Gasteiger partial charge in [0.25, 0.3) is 0 Å². The fourth-order valence-electron chi connectivity index (χ4n) is 2.58. The number of oxime groups is 1. The lowest BCUT2D eigenvalue weighted by molar-refractivity contribution is -0.128. The molecule has 1 fully saturated rings. The highest BCUT2D eigenvalue weighted by Crippen LogP contribution is 2.27. The van der Waals surface area contributed by atoms with Crippen LogP contribution in [0.5, 0.6) is 0 Å². The molecular weight excluding hydrogens is 282 g/mol. The zero-order valence-electron chi connectivity index (χ0n) is 11.9. The van der Waals surface area contributed by atoms with E-state index in [0.29, 0.717) is 25.8 Å². The molecule has 1 aliphatic heterocycles. The Morgan fingerprint density at radius 3 is 2.45 bits per heavy atom. The van der Waals surface area contributed by atoms with Gasteiger partial charge >= 0.3 is 0 Å². The van der Waals surface area contributed by atoms with E-state index in [-0.39, 0.29) is 29.2 Å². The Bertz CT molecular complexity index is 483. The van der Waals surface area contributed by atoms with Crippen LogP contribution in [0.4, 0.5) is 0 Å². The van der Waals surface area contributed by atoms with Crippen molar-refractivity contribution < 1.29 is 18.4 Å². The number of hydrogen-bond donors (Lipinski definition) is 3. The quantitative estimate of drug-likeness (QED) is 0.278. The number of rotatable bonds is 6. The number of carbonyl (C=O) groups excluding carboxylic acids is 1. The van der Waals surface area contributed by atoms with Gasteiger partial charge in [0.2, 0.25) is 5.91 Å². The third-order valence-corrected chi connectivity index (χ3v) is 5.95. The van der Waals surface area contributed by atoms with E-state index < -0.39 is 15.3 Å². The monoisotopic (exact) mass is 305 g/mol. The van der Waals surface area contributed by atoms with Crippen LogP contribution in [0, 0.1) is 11.3 Å². The molecule has 4 N–H and O–H groups in total. The van der Waals surface area contributed by atoms with Gasteiger partial charge in [0.05, 0.1) is 11.5 Å². The van der Waals surface area contributed by atoms with Crippen molar-refractivity contribution in [3.8, 4) is 0 Å². The van der Waals surface area contributed by atoms with E-state index in [1.54, 1.807) is 13.8 Å². The molecule has 0 bridgehead atoms. The molecule has 1 aliphatic rings. The minimum atomic E-state index is -2.95. The molecule has 0 aromatic rings. The third-order valence-electron chi connectivity index (χ3n) is 4.12. The Hall–Kier alpha value is -1.31. The van der Waals surface area contributed by atoms with Crippen molar-refractivity contribution in [3.63, 3.8) is 0 Å². The fourth-order valence-corrected chi connectivity index (χ4v) is 4.45. The SMILES string of the molecule is CCC(CC)(C(=O)NCC1CCS(=O)(=O)C1)C(N)=NO. The van der Waals surface area contributed by atoms with Crippen molar-refractivity contribution in [2.24, 2.45) is 22.2 Å². The molecular formula is C12H23N3O4S. The van der Waals surface area contributed by atoms with Crippen LogP contribution in [0.1, 0.15) is 33.1 Å². The lowest BCUT2D eigenvalue weighted by Gasteiger charge is -2.29. The van der Waals surface area contributed by atoms with Gasteiger partial charge in [0.1, 0.15) is 5.41 Å². The first-order valence-electron chi connectivity index (χ1n) is 6.78. The van der Waals surface area contributed by atoms with Crippen molar-refractivity contribution in [3.05, 3.63) is 0 Å². The Kier molecular flexibility index (Phi) is 5.38. The van der Waals surface area contributed by atoms with Crippen LogP contribution in [0.15, 0.2) is 5.16 Å². The Labute approximate surface area is 119 Å². The van der Waals surface area contributed by atoms with Crippen LogP contribution in [0.2, 0.25) is 0 Å². The second-order valence-corrected chi connectivity index (χ2v) is 7.48. The van der Waals surface area contributed by atoms with Gasteiger partial charge in [0, 0.05) is 6.54 Å². The van der Waals surface area contributed by atoms with E-state index in [4.69, 9.17) is 10.9 Å². The first kappa shape index (κ1) is 16.7. The molecule has 1 saturated heterocycles. The highest BCUT2D eigenvalue weighted by atomic mass is 32.2. The molecule has 0 saturated carbocycles. The molecule has 0 spiro atoms. The Balaban J connectivity index is 2.69. The largest absolute Gasteiger partial charge is 0.409 e. The molecule has 1 atom stereocenters. The summed E-state index contributed by atoms with van der Waals surface area (Å²) in [5, 5.41) is 14.5. The number of carbonyl (C=O) groups is 1. The first-order valence-corrected chi connectivity index (χ1v) is 8.60. The Morgan fingerprint density at radius 1 is 1.45 bits per heavy atom. The maximum Gasteiger partial charge on any atom is 0.233 e. The van der Waals surface area contributed by atoms with Gasteiger partial charge in [0.15, 0.2) is 15.7 Å². The normalized spacial score (nSPS) is 22.7. The minimum Gasteiger partial charge on any atom is -0.409 e. The van der Waals surface area contributed by atoms with Crippen LogP contribution in [-0.4, -0.2) is 43.4 Å². The topological polar surface area (TPSA) is 122 Å². The van der Waals surface area contributed by atoms with Gasteiger partial charge in [-0.3, -0.25) is 4.79 Å². The van der Waals surface area contributed by atoms with E-state index in [1.807, 2.05) is 0 Å². The summed E-state index contributed by atoms with van der Waals surface area (Å²) in [6.45, 7) is 3.89. The van der Waals surface area contributed by atoms with Crippen molar-refractivity contribution in [2.75, 3.05) is 18.1 Å². The summed E-state index contributed by atoms with van der Waals surface area (Å²) >= 11 is 0. The van der Waals surface area contributed by atoms with Crippen LogP contribution in [0.25, 0.3) is 0 Å². The Morgan fingerprint density at radius 2 is 2.05 bits per heavy atom. The first-order chi connectivity index (χ1) is 9.31. The molecule has 1 rings (SSSR count). The summed E-state index contributed by atoms with van der Waals surface area (Å²) in [7, 11) is -2.95. The van der Waals surface area contributed by atoms with Gasteiger partial charge in [-0.1, -0.05) is 19.0 Å². The molecule has 8 heteroatoms. The molecule has 0 aromatic carbocycles. The molecule has 1 heterocycles. The van der Waals surface area contributed by atoms with E-state index >= 15 is 0 Å². The van der Waals surface area contributed by atoms with E-state index in [9.17, 15) is 13.2 Å². The highest BCUT2D eigenvalue weighted by Gasteiger charge is 2.40. The molecule has 1 unspecified atom stereocenters. The molecule has 20 heavy (non-hydrogen) atoms. The molecule has 1 amide bonds. The van der Waals surface area contributed by atoms with Crippen LogP contribution < -0.4 is 11.1 Å². The minimum absolute atomic E-state index is 0.0531. The number of amides is 1. The average molecular weight is 305 g/mol. The summed E-state index contributed by atoms with van der Waals surface area (Å²) in [6.07, 6.45) is 1.39. The summed E-state index contributed by atoms with van der Waals surface area (Å²) in [4.78, 5) is 12.3. The smallest absolute Gasteiger partial charge is 0.233 e. The predicted molar refractivity (Wildman–Crippen MR) is 76.2 cm³/mol. The lowest BCUT2D eigenvalue weighted by Crippen LogP contribution is -2.50. The molecule has 116 valence electrons. The van der Waals surface area contributed by atoms with Crippen molar-refractivity contribution >= 4 is 21.6 Å². The van der Waals surface area contributed by atoms with Crippen LogP contribution in [-0.2, 0) is 14.6 Å². The highest BCUT2D eigenvalue weighted by molar-refractivity contribution is 7.91. The number of amidine groups is 1. The average Bonchev–Trinajstić information content (AvgIpc) is 2.77. The van der Waals surface area contributed by atoms with Gasteiger partial charge in [-0.15, -0.1) is 0 Å². The summed E-state index contributed by atoms with van der Waals surface area (Å²) < 4.78 is 22.7. The van der Waals surface area contributed by atoms with Crippen molar-refractivity contribution in [2.45, 2.75) is 33.1 Å². The van der Waals surface area contributed by atoms with Crippen LogP contribution in [0.3, 0.4) is 0 Å². The van der Waals surface area contributed by atoms with Gasteiger partial charge in [-0.05, 0) is 25.2 Å². The molecule has 7 nitrogen and oxygen atoms in total. The summed E-state index contributed by atoms with van der Waals surface area (Å²) in [5.41, 5.74) is 4.61. The maximum absolute atomic E-state index is 12.3. The third kappa shape index (κ3) is 3.41. The standard InChI is InChI=1S/C12H23N3O4S/c1-3-12(4-2,10(13)15-17)11(16)14-7-9-5-6-20(18,19)8-9/h9,17H,3-8H2,1-2H3,(H2,13,15)(H,14,16). The molecule has 0 aromatic heterocycles. The van der Waals surface area contributed by atoms with Crippen LogP contribution >= 0.6 is 0 Å². The van der Waals surface area contributed by atoms with E-state index in [1.165, 1.54) is 0 Å². The number of nitrogens with two attached hydrogens (primary N) is 1. The number of nitrogens with zero attached hydrogens (tertiary/aromatic N) is 1. The zero-order valence-corrected chi connectivity index (χ0v) is 12.7. The summed E-state index contributed by atoms with van der Waals surface area (Å²) in [6, 6.07) is 0. The second-order valence-electron chi connectivity index (χ2n) is 5.25. The van der Waals surface area contributed by atoms with Crippen molar-refractivity contribution in [1.29, 1.82) is 0 Å². The van der Waals surface area contributed by atoms with E-state index in [2.05, 4.69) is 10.5 Å². The maximum atomic E-state index is 12.3. The van der Waals surface area contributed by atoms with E-state index in [0.717, 1.165) is 0 Å². The summed E-state index contributed by atoms with van der Waals surface area (Å²) in [5.74, 6) is -0.188. The number of sulfone groups is 1. The number of nitrogens with one attached hydrogen (secondary N) is 1.